The number of hydrogen-bond acceptors (Lipinski definition) is 9. The lowest BCUT2D eigenvalue weighted by Crippen LogP contribution is -2.11. The third-order valence-corrected chi connectivity index (χ3v) is 6.02. The summed E-state index contributed by atoms with van der Waals surface area (Å²) in [5.41, 5.74) is 5.72. The van der Waals surface area contributed by atoms with Crippen LogP contribution in [-0.4, -0.2) is 33.2 Å². The molecule has 1 heterocycles. The van der Waals surface area contributed by atoms with E-state index in [9.17, 15) is 23.3 Å². The molecule has 0 fully saturated rings. The highest BCUT2D eigenvalue weighted by atomic mass is 35.5. The molecule has 8 nitrogen and oxygen atoms in total. The van der Waals surface area contributed by atoms with Crippen molar-refractivity contribution >= 4 is 49.7 Å². The first-order chi connectivity index (χ1) is 13.1. The lowest BCUT2D eigenvalue weighted by Gasteiger charge is -2.09. The zero-order valence-corrected chi connectivity index (χ0v) is 17.2. The van der Waals surface area contributed by atoms with Gasteiger partial charge in [-0.15, -0.1) is 11.3 Å². The summed E-state index contributed by atoms with van der Waals surface area (Å²) in [6.45, 7) is 1.30. The Balaban J connectivity index is 2.34. The number of nitrogens with zero attached hydrogens (tertiary/aromatic N) is 1. The highest BCUT2D eigenvalue weighted by molar-refractivity contribution is 7.90. The summed E-state index contributed by atoms with van der Waals surface area (Å²) in [5.74, 6) is -1.61. The smallest absolute Gasteiger partial charge is 0.348 e. The summed E-state index contributed by atoms with van der Waals surface area (Å²) in [6.07, 6.45) is 0.990. The average Bonchev–Trinajstić information content (AvgIpc) is 2.94. The molecule has 0 aliphatic carbocycles. The van der Waals surface area contributed by atoms with Gasteiger partial charge in [-0.25, -0.2) is 18.0 Å². The summed E-state index contributed by atoms with van der Waals surface area (Å²) in [4.78, 5) is 24.4. The summed E-state index contributed by atoms with van der Waals surface area (Å²) in [7, 11) is -3.56. The number of benzene rings is 1. The number of nitrogen functional groups attached to an aromatic ring is 1. The van der Waals surface area contributed by atoms with Crippen LogP contribution in [0.4, 0.5) is 5.00 Å². The van der Waals surface area contributed by atoms with E-state index >= 15 is 0 Å². The van der Waals surface area contributed by atoms with Gasteiger partial charge in [0.2, 0.25) is 0 Å². The molecule has 0 amide bonds. The molecule has 11 heteroatoms. The third-order valence-electron chi connectivity index (χ3n) is 3.54. The van der Waals surface area contributed by atoms with Crippen molar-refractivity contribution in [3.8, 4) is 6.07 Å². The van der Waals surface area contributed by atoms with Crippen molar-refractivity contribution < 1.29 is 27.5 Å². The molecular weight excluding hydrogens is 428 g/mol. The van der Waals surface area contributed by atoms with Crippen LogP contribution < -0.4 is 5.73 Å². The molecule has 2 rings (SSSR count). The van der Waals surface area contributed by atoms with Gasteiger partial charge >= 0.3 is 11.9 Å². The molecule has 148 valence electrons. The quantitative estimate of drug-likeness (QED) is 0.674. The van der Waals surface area contributed by atoms with Gasteiger partial charge in [-0.1, -0.05) is 11.6 Å². The lowest BCUT2D eigenvalue weighted by molar-refractivity contribution is 0.0452. The average molecular weight is 443 g/mol. The third kappa shape index (κ3) is 4.62. The number of nitrogens with two attached hydrogens (primary N) is 1. The molecule has 1 aromatic heterocycles. The van der Waals surface area contributed by atoms with Crippen molar-refractivity contribution in [2.24, 2.45) is 0 Å². The fourth-order valence-corrected chi connectivity index (χ4v) is 3.97. The van der Waals surface area contributed by atoms with Crippen molar-refractivity contribution in [3.63, 3.8) is 0 Å². The first kappa shape index (κ1) is 21.7. The number of ether oxygens (including phenoxy) is 2. The van der Waals surface area contributed by atoms with E-state index < -0.39 is 28.4 Å². The van der Waals surface area contributed by atoms with E-state index in [1.807, 2.05) is 6.07 Å². The van der Waals surface area contributed by atoms with Crippen molar-refractivity contribution in [2.75, 3.05) is 18.6 Å². The number of carbonyl (C=O) groups is 2. The molecule has 0 spiro atoms. The Bertz CT molecular complexity index is 1090. The number of anilines is 1. The van der Waals surface area contributed by atoms with E-state index in [1.165, 1.54) is 12.1 Å². The van der Waals surface area contributed by atoms with E-state index in [0.717, 1.165) is 23.7 Å². The summed E-state index contributed by atoms with van der Waals surface area (Å²) < 4.78 is 33.4. The molecule has 0 aliphatic rings. The molecule has 2 aromatic rings. The number of thiophene rings is 1. The zero-order valence-electron chi connectivity index (χ0n) is 14.8. The van der Waals surface area contributed by atoms with Crippen LogP contribution in [-0.2, 0) is 25.9 Å². The normalized spacial score (nSPS) is 10.9. The van der Waals surface area contributed by atoms with Gasteiger partial charge in [0.15, 0.2) is 9.84 Å². The number of carbonyl (C=O) groups excluding carboxylic acids is 2. The van der Waals surface area contributed by atoms with E-state index in [-0.39, 0.29) is 43.1 Å². The predicted molar refractivity (Wildman–Crippen MR) is 103 cm³/mol. The van der Waals surface area contributed by atoms with Crippen molar-refractivity contribution in [2.45, 2.75) is 18.4 Å². The summed E-state index contributed by atoms with van der Waals surface area (Å²) in [6, 6.07) is 5.49. The van der Waals surface area contributed by atoms with Crippen molar-refractivity contribution in [1.29, 1.82) is 5.26 Å². The number of halogens is 1. The van der Waals surface area contributed by atoms with Gasteiger partial charge in [0.1, 0.15) is 22.6 Å². The van der Waals surface area contributed by atoms with Gasteiger partial charge in [-0.05, 0) is 25.1 Å². The molecule has 0 atom stereocenters. The number of sulfone groups is 1. The van der Waals surface area contributed by atoms with Crippen LogP contribution in [0.25, 0.3) is 0 Å². The van der Waals surface area contributed by atoms with Gasteiger partial charge in [-0.3, -0.25) is 0 Å². The minimum Gasteiger partial charge on any atom is -0.462 e. The predicted octanol–water partition coefficient (Wildman–Crippen LogP) is 2.79. The fourth-order valence-electron chi connectivity index (χ4n) is 2.21. The Labute approximate surface area is 170 Å². The first-order valence-corrected chi connectivity index (χ1v) is 10.8. The summed E-state index contributed by atoms with van der Waals surface area (Å²) in [5, 5.41) is 9.36. The summed E-state index contributed by atoms with van der Waals surface area (Å²) >= 11 is 6.82. The van der Waals surface area contributed by atoms with E-state index in [0.29, 0.717) is 0 Å². The molecule has 0 radical (unpaired) electrons. The maximum absolute atomic E-state index is 12.4. The number of hydrogen-bond donors (Lipinski definition) is 1. The van der Waals surface area contributed by atoms with E-state index in [4.69, 9.17) is 26.8 Å². The molecule has 2 N–H and O–H groups in total. The standard InChI is InChI=1S/C17H15ClN2O6S2/c1-3-25-17(22)14-12(11(7-19)15(20)27-14)8-26-16(21)10-6-9(28(2,23)24)4-5-13(10)18/h4-6H,3,8,20H2,1-2H3. The molecule has 1 aromatic carbocycles. The largest absolute Gasteiger partial charge is 0.462 e. The molecule has 0 unspecified atom stereocenters. The van der Waals surface area contributed by atoms with Crippen LogP contribution in [0, 0.1) is 11.3 Å². The molecule has 0 saturated carbocycles. The van der Waals surface area contributed by atoms with E-state index in [1.54, 1.807) is 6.92 Å². The van der Waals surface area contributed by atoms with Gasteiger partial charge in [0, 0.05) is 11.8 Å². The lowest BCUT2D eigenvalue weighted by atomic mass is 10.1. The molecular formula is C17H15ClN2O6S2. The first-order valence-electron chi connectivity index (χ1n) is 7.75. The minimum absolute atomic E-state index is 0.00615. The second kappa shape index (κ2) is 8.60. The minimum atomic E-state index is -3.56. The fraction of sp³-hybridized carbons (Fsp3) is 0.235. The Hall–Kier alpha value is -2.61. The van der Waals surface area contributed by atoms with Crippen molar-refractivity contribution in [1.82, 2.24) is 0 Å². The number of esters is 2. The topological polar surface area (TPSA) is 137 Å². The maximum atomic E-state index is 12.4. The van der Waals surface area contributed by atoms with Crippen LogP contribution in [0.5, 0.6) is 0 Å². The molecule has 28 heavy (non-hydrogen) atoms. The molecule has 0 aliphatic heterocycles. The maximum Gasteiger partial charge on any atom is 0.348 e. The van der Waals surface area contributed by atoms with Crippen LogP contribution in [0.1, 0.15) is 38.1 Å². The van der Waals surface area contributed by atoms with Crippen LogP contribution >= 0.6 is 22.9 Å². The second-order valence-corrected chi connectivity index (χ2v) is 8.95. The van der Waals surface area contributed by atoms with Crippen LogP contribution in [0.2, 0.25) is 5.02 Å². The highest BCUT2D eigenvalue weighted by Gasteiger charge is 2.25. The molecule has 0 saturated heterocycles. The van der Waals surface area contributed by atoms with Gasteiger partial charge in [0.25, 0.3) is 0 Å². The SMILES string of the molecule is CCOC(=O)c1sc(N)c(C#N)c1COC(=O)c1cc(S(C)(=O)=O)ccc1Cl. The highest BCUT2D eigenvalue weighted by Crippen LogP contribution is 2.32. The number of rotatable bonds is 6. The number of nitriles is 1. The Morgan fingerprint density at radius 3 is 2.54 bits per heavy atom. The van der Waals surface area contributed by atoms with Crippen LogP contribution in [0.3, 0.4) is 0 Å². The zero-order chi connectivity index (χ0) is 21.1. The monoisotopic (exact) mass is 442 g/mol. The Morgan fingerprint density at radius 1 is 1.29 bits per heavy atom. The van der Waals surface area contributed by atoms with Crippen LogP contribution in [0.15, 0.2) is 23.1 Å². The van der Waals surface area contributed by atoms with Gasteiger partial charge in [0.05, 0.1) is 27.7 Å². The van der Waals surface area contributed by atoms with Gasteiger partial charge < -0.3 is 15.2 Å². The van der Waals surface area contributed by atoms with E-state index in [2.05, 4.69) is 0 Å². The molecule has 0 bridgehead atoms. The van der Waals surface area contributed by atoms with Gasteiger partial charge in [-0.2, -0.15) is 5.26 Å². The Kier molecular flexibility index (Phi) is 6.66. The Morgan fingerprint density at radius 2 is 1.96 bits per heavy atom. The van der Waals surface area contributed by atoms with Crippen molar-refractivity contribution in [3.05, 3.63) is 44.8 Å². The second-order valence-electron chi connectivity index (χ2n) is 5.47.